The summed E-state index contributed by atoms with van der Waals surface area (Å²) >= 11 is 11.7. The van der Waals surface area contributed by atoms with Crippen molar-refractivity contribution in [2.75, 3.05) is 14.2 Å². The van der Waals surface area contributed by atoms with Crippen molar-refractivity contribution in [2.24, 2.45) is 0 Å². The minimum atomic E-state index is -0.522. The summed E-state index contributed by atoms with van der Waals surface area (Å²) in [6.45, 7) is 0. The third-order valence-corrected chi connectivity index (χ3v) is 3.68. The van der Waals surface area contributed by atoms with Gasteiger partial charge < -0.3 is 9.47 Å². The molecule has 2 rings (SSSR count). The summed E-state index contributed by atoms with van der Waals surface area (Å²) < 4.78 is 9.45. The fourth-order valence-electron chi connectivity index (χ4n) is 2.05. The van der Waals surface area contributed by atoms with Gasteiger partial charge in [-0.2, -0.15) is 0 Å². The Hall–Kier alpha value is -2.18. The Morgan fingerprint density at radius 2 is 1.21 bits per heavy atom. The molecule has 0 saturated carbocycles. The van der Waals surface area contributed by atoms with E-state index >= 15 is 0 Å². The van der Waals surface area contributed by atoms with Gasteiger partial charge in [0.25, 0.3) is 0 Å². The van der Waals surface area contributed by atoms with Gasteiger partial charge in [-0.3, -0.25) is 0 Å². The monoisotopic (exact) mass is 368 g/mol. The van der Waals surface area contributed by atoms with Crippen molar-refractivity contribution in [1.29, 1.82) is 0 Å². The van der Waals surface area contributed by atoms with Crippen molar-refractivity contribution in [3.05, 3.63) is 46.8 Å². The number of carbonyl (C=O) groups is 2. The lowest BCUT2D eigenvalue weighted by molar-refractivity contribution is 0.0591. The van der Waals surface area contributed by atoms with E-state index in [1.807, 2.05) is 0 Å². The Labute approximate surface area is 148 Å². The van der Waals surface area contributed by atoms with Crippen LogP contribution >= 0.6 is 23.2 Å². The molecule has 0 N–H and O–H groups in total. The number of nitrogens with zero attached hydrogens (tertiary/aromatic N) is 2. The Balaban J connectivity index is 2.61. The SMILES string of the molecule is COC(=O)c1cc(CCl)nc(-c2cc(C(=O)OC)cc(CCl)n2)c1. The zero-order chi connectivity index (χ0) is 17.7. The molecule has 0 aliphatic carbocycles. The summed E-state index contributed by atoms with van der Waals surface area (Å²) in [5.74, 6) is -0.827. The first kappa shape index (κ1) is 18.2. The molecule has 2 aromatic rings. The molecular formula is C16H14Cl2N2O4. The van der Waals surface area contributed by atoms with E-state index in [2.05, 4.69) is 9.97 Å². The zero-order valence-corrected chi connectivity index (χ0v) is 14.5. The molecule has 8 heteroatoms. The van der Waals surface area contributed by atoms with Crippen LogP contribution in [0, 0.1) is 0 Å². The van der Waals surface area contributed by atoms with E-state index in [1.54, 1.807) is 0 Å². The van der Waals surface area contributed by atoms with Crippen LogP contribution in [0.3, 0.4) is 0 Å². The maximum atomic E-state index is 11.8. The second kappa shape index (κ2) is 8.08. The van der Waals surface area contributed by atoms with E-state index in [-0.39, 0.29) is 22.9 Å². The highest BCUT2D eigenvalue weighted by Gasteiger charge is 2.15. The lowest BCUT2D eigenvalue weighted by Gasteiger charge is -2.09. The van der Waals surface area contributed by atoms with Gasteiger partial charge in [-0.15, -0.1) is 23.2 Å². The highest BCUT2D eigenvalue weighted by atomic mass is 35.5. The number of pyridine rings is 2. The largest absolute Gasteiger partial charge is 0.465 e. The molecule has 0 amide bonds. The van der Waals surface area contributed by atoms with Crippen molar-refractivity contribution in [1.82, 2.24) is 9.97 Å². The number of hydrogen-bond acceptors (Lipinski definition) is 6. The van der Waals surface area contributed by atoms with Gasteiger partial charge in [0.2, 0.25) is 0 Å². The first-order valence-corrected chi connectivity index (χ1v) is 7.90. The number of halogens is 2. The highest BCUT2D eigenvalue weighted by molar-refractivity contribution is 6.17. The van der Waals surface area contributed by atoms with Crippen LogP contribution in [-0.2, 0) is 21.2 Å². The summed E-state index contributed by atoms with van der Waals surface area (Å²) in [4.78, 5) is 32.3. The molecule has 0 fully saturated rings. The molecule has 0 unspecified atom stereocenters. The Bertz CT molecular complexity index is 715. The third-order valence-electron chi connectivity index (χ3n) is 3.14. The van der Waals surface area contributed by atoms with Gasteiger partial charge in [0.15, 0.2) is 0 Å². The summed E-state index contributed by atoms with van der Waals surface area (Å²) in [6, 6.07) is 6.11. The number of rotatable bonds is 5. The van der Waals surface area contributed by atoms with E-state index in [0.29, 0.717) is 22.8 Å². The Morgan fingerprint density at radius 3 is 1.50 bits per heavy atom. The van der Waals surface area contributed by atoms with E-state index < -0.39 is 11.9 Å². The van der Waals surface area contributed by atoms with Gasteiger partial charge in [-0.05, 0) is 24.3 Å². The summed E-state index contributed by atoms with van der Waals surface area (Å²) in [5.41, 5.74) is 2.29. The van der Waals surface area contributed by atoms with Crippen LogP contribution in [0.4, 0.5) is 0 Å². The maximum absolute atomic E-state index is 11.8. The number of carbonyl (C=O) groups excluding carboxylic acids is 2. The second-order valence-corrected chi connectivity index (χ2v) is 5.25. The van der Waals surface area contributed by atoms with Gasteiger partial charge in [0.05, 0.1) is 59.9 Å². The standard InChI is InChI=1S/C16H14Cl2N2O4/c1-23-15(21)9-3-11(7-17)19-13(5-9)14-6-10(16(22)24-2)4-12(8-18)20-14/h3-6H,7-8H2,1-2H3. The molecule has 6 nitrogen and oxygen atoms in total. The number of hydrogen-bond donors (Lipinski definition) is 0. The quantitative estimate of drug-likeness (QED) is 0.595. The van der Waals surface area contributed by atoms with E-state index in [4.69, 9.17) is 32.7 Å². The number of alkyl halides is 2. The highest BCUT2D eigenvalue weighted by Crippen LogP contribution is 2.22. The van der Waals surface area contributed by atoms with Gasteiger partial charge in [-0.1, -0.05) is 0 Å². The molecule has 0 saturated heterocycles. The minimum absolute atomic E-state index is 0.108. The molecule has 0 aromatic carbocycles. The third kappa shape index (κ3) is 4.01. The van der Waals surface area contributed by atoms with Crippen LogP contribution in [0.2, 0.25) is 0 Å². The van der Waals surface area contributed by atoms with Gasteiger partial charge in [0.1, 0.15) is 0 Å². The van der Waals surface area contributed by atoms with Gasteiger partial charge in [-0.25, -0.2) is 19.6 Å². The second-order valence-electron chi connectivity index (χ2n) is 4.72. The molecule has 0 aliphatic heterocycles. The fourth-order valence-corrected chi connectivity index (χ4v) is 2.32. The molecule has 24 heavy (non-hydrogen) atoms. The van der Waals surface area contributed by atoms with E-state index in [0.717, 1.165) is 0 Å². The van der Waals surface area contributed by atoms with E-state index in [9.17, 15) is 9.59 Å². The number of ether oxygens (including phenoxy) is 2. The topological polar surface area (TPSA) is 78.4 Å². The maximum Gasteiger partial charge on any atom is 0.337 e. The molecule has 0 bridgehead atoms. The number of esters is 2. The van der Waals surface area contributed by atoms with Crippen LogP contribution in [-0.4, -0.2) is 36.1 Å². The van der Waals surface area contributed by atoms with Gasteiger partial charge in [0, 0.05) is 0 Å². The molecule has 0 radical (unpaired) electrons. The lowest BCUT2D eigenvalue weighted by atomic mass is 10.1. The molecule has 0 atom stereocenters. The fraction of sp³-hybridized carbons (Fsp3) is 0.250. The number of aromatic nitrogens is 2. The Morgan fingerprint density at radius 1 is 0.833 bits per heavy atom. The first-order valence-electron chi connectivity index (χ1n) is 6.83. The Kier molecular flexibility index (Phi) is 6.11. The van der Waals surface area contributed by atoms with Crippen molar-refractivity contribution in [3.8, 4) is 11.4 Å². The van der Waals surface area contributed by atoms with Crippen LogP contribution in [0.25, 0.3) is 11.4 Å². The normalized spacial score (nSPS) is 10.3. The van der Waals surface area contributed by atoms with Gasteiger partial charge >= 0.3 is 11.9 Å². The first-order chi connectivity index (χ1) is 11.5. The average Bonchev–Trinajstić information content (AvgIpc) is 2.65. The molecular weight excluding hydrogens is 355 g/mol. The lowest BCUT2D eigenvalue weighted by Crippen LogP contribution is -2.07. The molecule has 2 aromatic heterocycles. The van der Waals surface area contributed by atoms with Crippen LogP contribution in [0.1, 0.15) is 32.1 Å². The van der Waals surface area contributed by atoms with E-state index in [1.165, 1.54) is 38.5 Å². The van der Waals surface area contributed by atoms with Crippen molar-refractivity contribution in [3.63, 3.8) is 0 Å². The van der Waals surface area contributed by atoms with Crippen molar-refractivity contribution in [2.45, 2.75) is 11.8 Å². The molecule has 2 heterocycles. The summed E-state index contributed by atoms with van der Waals surface area (Å²) in [5, 5.41) is 0. The predicted octanol–water partition coefficient (Wildman–Crippen LogP) is 3.19. The van der Waals surface area contributed by atoms with Crippen LogP contribution < -0.4 is 0 Å². The molecule has 0 aliphatic rings. The van der Waals surface area contributed by atoms with Crippen LogP contribution in [0.5, 0.6) is 0 Å². The number of methoxy groups -OCH3 is 2. The summed E-state index contributed by atoms with van der Waals surface area (Å²) in [6.07, 6.45) is 0. The smallest absolute Gasteiger partial charge is 0.337 e. The van der Waals surface area contributed by atoms with Crippen molar-refractivity contribution < 1.29 is 19.1 Å². The molecule has 0 spiro atoms. The molecule has 126 valence electrons. The van der Waals surface area contributed by atoms with Crippen molar-refractivity contribution >= 4 is 35.1 Å². The van der Waals surface area contributed by atoms with Crippen LogP contribution in [0.15, 0.2) is 24.3 Å². The zero-order valence-electron chi connectivity index (χ0n) is 13.0. The predicted molar refractivity (Wildman–Crippen MR) is 89.3 cm³/mol. The summed E-state index contributed by atoms with van der Waals surface area (Å²) in [7, 11) is 2.56. The minimum Gasteiger partial charge on any atom is -0.465 e. The average molecular weight is 369 g/mol.